The van der Waals surface area contributed by atoms with Gasteiger partial charge in [-0.05, 0) is 66.3 Å². The number of nitrogens with one attached hydrogen (secondary N) is 1. The van der Waals surface area contributed by atoms with Crippen LogP contribution in [0, 0.1) is 0 Å². The third-order valence-electron chi connectivity index (χ3n) is 5.37. The minimum absolute atomic E-state index is 0.0858. The predicted molar refractivity (Wildman–Crippen MR) is 107 cm³/mol. The van der Waals surface area contributed by atoms with Crippen LogP contribution >= 0.6 is 11.6 Å². The molecule has 1 heterocycles. The summed E-state index contributed by atoms with van der Waals surface area (Å²) in [7, 11) is 1.72. The smallest absolute Gasteiger partial charge is 0.256 e. The second-order valence-electron chi connectivity index (χ2n) is 7.04. The number of hydrogen-bond acceptors (Lipinski definition) is 2. The normalized spacial score (nSPS) is 18.7. The van der Waals surface area contributed by atoms with Gasteiger partial charge in [0.1, 0.15) is 5.75 Å². The van der Waals surface area contributed by atoms with Gasteiger partial charge in [0, 0.05) is 21.8 Å². The average molecular weight is 368 g/mol. The molecule has 3 nitrogen and oxygen atoms in total. The standard InChI is InChI=1S/C22H22ClNO2/c1-26-21-10-7-14(11-17(21)15-5-3-2-4-6-15)12-19-18-13-16(23)8-9-20(18)24-22(19)25/h7-13,15H,2-6H2,1H3,(H,24,25)/b19-12+. The van der Waals surface area contributed by atoms with Crippen LogP contribution < -0.4 is 10.1 Å². The number of carbonyl (C=O) groups excluding carboxylic acids is 1. The molecule has 4 heteroatoms. The average Bonchev–Trinajstić information content (AvgIpc) is 2.97. The lowest BCUT2D eigenvalue weighted by atomic mass is 9.83. The van der Waals surface area contributed by atoms with E-state index in [1.807, 2.05) is 30.3 Å². The zero-order chi connectivity index (χ0) is 18.1. The number of rotatable bonds is 3. The maximum Gasteiger partial charge on any atom is 0.256 e. The summed E-state index contributed by atoms with van der Waals surface area (Å²) < 4.78 is 5.60. The molecule has 0 spiro atoms. The third-order valence-corrected chi connectivity index (χ3v) is 5.61. The molecule has 0 aromatic heterocycles. The number of benzene rings is 2. The van der Waals surface area contributed by atoms with E-state index in [1.54, 1.807) is 13.2 Å². The highest BCUT2D eigenvalue weighted by molar-refractivity contribution is 6.36. The Morgan fingerprint density at radius 3 is 2.69 bits per heavy atom. The summed E-state index contributed by atoms with van der Waals surface area (Å²) in [6.45, 7) is 0. The zero-order valence-electron chi connectivity index (χ0n) is 14.8. The van der Waals surface area contributed by atoms with Crippen LogP contribution in [0.25, 0.3) is 11.6 Å². The van der Waals surface area contributed by atoms with Gasteiger partial charge in [0.05, 0.1) is 7.11 Å². The van der Waals surface area contributed by atoms with Crippen molar-refractivity contribution >= 4 is 34.8 Å². The van der Waals surface area contributed by atoms with Gasteiger partial charge in [0.15, 0.2) is 0 Å². The minimum Gasteiger partial charge on any atom is -0.496 e. The quantitative estimate of drug-likeness (QED) is 0.687. The predicted octanol–water partition coefficient (Wildman–Crippen LogP) is 5.89. The molecule has 1 fully saturated rings. The van der Waals surface area contributed by atoms with Crippen molar-refractivity contribution in [2.24, 2.45) is 0 Å². The summed E-state index contributed by atoms with van der Waals surface area (Å²) in [4.78, 5) is 12.4. The first-order chi connectivity index (χ1) is 12.7. The van der Waals surface area contributed by atoms with Crippen molar-refractivity contribution < 1.29 is 9.53 Å². The summed E-state index contributed by atoms with van der Waals surface area (Å²) in [6, 6.07) is 11.7. The maximum atomic E-state index is 12.4. The van der Waals surface area contributed by atoms with E-state index < -0.39 is 0 Å². The fourth-order valence-electron chi connectivity index (χ4n) is 4.05. The highest BCUT2D eigenvalue weighted by atomic mass is 35.5. The van der Waals surface area contributed by atoms with Gasteiger partial charge in [0.25, 0.3) is 5.91 Å². The molecule has 1 amide bonds. The van der Waals surface area contributed by atoms with E-state index in [4.69, 9.17) is 16.3 Å². The molecule has 0 bridgehead atoms. The highest BCUT2D eigenvalue weighted by Gasteiger charge is 2.25. The summed E-state index contributed by atoms with van der Waals surface area (Å²) in [5, 5.41) is 3.53. The van der Waals surface area contributed by atoms with E-state index in [-0.39, 0.29) is 5.91 Å². The Hall–Kier alpha value is -2.26. The Kier molecular flexibility index (Phi) is 4.73. The molecule has 1 saturated carbocycles. The third kappa shape index (κ3) is 3.24. The molecule has 134 valence electrons. The van der Waals surface area contributed by atoms with Crippen LogP contribution in [-0.2, 0) is 4.79 Å². The van der Waals surface area contributed by atoms with E-state index >= 15 is 0 Å². The first-order valence-corrected chi connectivity index (χ1v) is 9.54. The molecule has 1 N–H and O–H groups in total. The van der Waals surface area contributed by atoms with E-state index in [1.165, 1.54) is 37.7 Å². The van der Waals surface area contributed by atoms with Crippen LogP contribution in [0.2, 0.25) is 5.02 Å². The van der Waals surface area contributed by atoms with Crippen molar-refractivity contribution in [3.05, 3.63) is 58.1 Å². The minimum atomic E-state index is -0.0858. The lowest BCUT2D eigenvalue weighted by molar-refractivity contribution is -0.110. The molecule has 4 rings (SSSR count). The zero-order valence-corrected chi connectivity index (χ0v) is 15.6. The summed E-state index contributed by atoms with van der Waals surface area (Å²) in [6.07, 6.45) is 8.22. The molecular weight excluding hydrogens is 346 g/mol. The number of amides is 1. The molecule has 2 aliphatic rings. The number of halogens is 1. The summed E-state index contributed by atoms with van der Waals surface area (Å²) >= 11 is 6.12. The highest BCUT2D eigenvalue weighted by Crippen LogP contribution is 2.39. The first-order valence-electron chi connectivity index (χ1n) is 9.16. The van der Waals surface area contributed by atoms with E-state index in [0.717, 1.165) is 22.6 Å². The molecule has 2 aromatic carbocycles. The van der Waals surface area contributed by atoms with E-state index in [9.17, 15) is 4.79 Å². The summed E-state index contributed by atoms with van der Waals surface area (Å²) in [5.74, 6) is 1.40. The Morgan fingerprint density at radius 2 is 1.92 bits per heavy atom. The molecule has 1 aliphatic carbocycles. The van der Waals surface area contributed by atoms with Crippen LogP contribution in [0.5, 0.6) is 5.75 Å². The van der Waals surface area contributed by atoms with Crippen molar-refractivity contribution in [2.75, 3.05) is 12.4 Å². The fraction of sp³-hybridized carbons (Fsp3) is 0.318. The Morgan fingerprint density at radius 1 is 1.12 bits per heavy atom. The van der Waals surface area contributed by atoms with Crippen molar-refractivity contribution in [1.82, 2.24) is 0 Å². The van der Waals surface area contributed by atoms with Crippen molar-refractivity contribution in [3.8, 4) is 5.75 Å². The second-order valence-corrected chi connectivity index (χ2v) is 7.47. The number of ether oxygens (including phenoxy) is 1. The number of hydrogen-bond donors (Lipinski definition) is 1. The van der Waals surface area contributed by atoms with Crippen molar-refractivity contribution in [2.45, 2.75) is 38.0 Å². The molecule has 0 saturated heterocycles. The van der Waals surface area contributed by atoms with E-state index in [0.29, 0.717) is 16.5 Å². The topological polar surface area (TPSA) is 38.3 Å². The first kappa shape index (κ1) is 17.2. The number of methoxy groups -OCH3 is 1. The number of fused-ring (bicyclic) bond motifs is 1. The molecule has 0 unspecified atom stereocenters. The van der Waals surface area contributed by atoms with Gasteiger partial charge in [-0.2, -0.15) is 0 Å². The Labute approximate surface area is 159 Å². The monoisotopic (exact) mass is 367 g/mol. The Bertz CT molecular complexity index is 882. The van der Waals surface area contributed by atoms with Gasteiger partial charge in [-0.25, -0.2) is 0 Å². The maximum absolute atomic E-state index is 12.4. The summed E-state index contributed by atoms with van der Waals surface area (Å²) in [5.41, 5.74) is 4.60. The SMILES string of the molecule is COc1ccc(/C=C2/C(=O)Nc3ccc(Cl)cc32)cc1C1CCCCC1. The van der Waals surface area contributed by atoms with Crippen molar-refractivity contribution in [3.63, 3.8) is 0 Å². The molecule has 0 atom stereocenters. The fourth-order valence-corrected chi connectivity index (χ4v) is 4.22. The number of anilines is 1. The van der Waals surface area contributed by atoms with Gasteiger partial charge >= 0.3 is 0 Å². The number of carbonyl (C=O) groups is 1. The lowest BCUT2D eigenvalue weighted by Crippen LogP contribution is -2.07. The van der Waals surface area contributed by atoms with Crippen LogP contribution in [0.3, 0.4) is 0 Å². The van der Waals surface area contributed by atoms with Gasteiger partial charge in [0.2, 0.25) is 0 Å². The molecule has 1 aliphatic heterocycles. The van der Waals surface area contributed by atoms with E-state index in [2.05, 4.69) is 11.4 Å². The molecule has 2 aromatic rings. The molecule has 26 heavy (non-hydrogen) atoms. The molecular formula is C22H22ClNO2. The largest absolute Gasteiger partial charge is 0.496 e. The van der Waals surface area contributed by atoms with Gasteiger partial charge in [-0.1, -0.05) is 36.9 Å². The van der Waals surface area contributed by atoms with Crippen LogP contribution in [-0.4, -0.2) is 13.0 Å². The molecule has 0 radical (unpaired) electrons. The van der Waals surface area contributed by atoms with Gasteiger partial charge in [-0.15, -0.1) is 0 Å². The van der Waals surface area contributed by atoms with Crippen molar-refractivity contribution in [1.29, 1.82) is 0 Å². The second kappa shape index (κ2) is 7.16. The van der Waals surface area contributed by atoms with Gasteiger partial charge in [-0.3, -0.25) is 4.79 Å². The van der Waals surface area contributed by atoms with Crippen LogP contribution in [0.4, 0.5) is 5.69 Å². The van der Waals surface area contributed by atoms with Crippen LogP contribution in [0.1, 0.15) is 54.7 Å². The van der Waals surface area contributed by atoms with Crippen LogP contribution in [0.15, 0.2) is 36.4 Å². The van der Waals surface area contributed by atoms with Gasteiger partial charge < -0.3 is 10.1 Å². The lowest BCUT2D eigenvalue weighted by Gasteiger charge is -2.24. The Balaban J connectivity index is 1.74.